The Labute approximate surface area is 106 Å². The Kier molecular flexibility index (Phi) is 4.06. The maximum atomic E-state index is 10.9. The van der Waals surface area contributed by atoms with E-state index in [1.807, 2.05) is 6.92 Å². The summed E-state index contributed by atoms with van der Waals surface area (Å²) >= 11 is 3.66. The van der Waals surface area contributed by atoms with E-state index in [0.717, 1.165) is 12.8 Å². The molecule has 0 heterocycles. The van der Waals surface area contributed by atoms with Crippen LogP contribution in [-0.4, -0.2) is 28.1 Å². The minimum atomic E-state index is -0.761. The molecule has 0 aromatic rings. The van der Waals surface area contributed by atoms with Gasteiger partial charge in [0.15, 0.2) is 0 Å². The number of rotatable bonds is 2. The number of aliphatic hydroxyl groups is 1. The number of ether oxygens (including phenoxy) is 1. The molecule has 16 heavy (non-hydrogen) atoms. The van der Waals surface area contributed by atoms with Crippen LogP contribution in [0.1, 0.15) is 40.5 Å². The predicted molar refractivity (Wildman–Crippen MR) is 66.5 cm³/mol. The molecule has 0 aromatic carbocycles. The van der Waals surface area contributed by atoms with Crippen molar-refractivity contribution in [2.75, 3.05) is 6.61 Å². The molecule has 0 aromatic heterocycles. The first-order valence-electron chi connectivity index (χ1n) is 5.67. The molecule has 1 fully saturated rings. The molecule has 4 heteroatoms. The fourth-order valence-corrected chi connectivity index (χ4v) is 3.13. The first-order valence-corrected chi connectivity index (χ1v) is 6.59. The Morgan fingerprint density at radius 2 is 2.06 bits per heavy atom. The van der Waals surface area contributed by atoms with E-state index in [1.54, 1.807) is 0 Å². The SMILES string of the molecule is CC(=O)OC[C@@H]1C(C)(C)[C@@H](Br)CC[C@]1(C)O. The molecule has 0 amide bonds. The summed E-state index contributed by atoms with van der Waals surface area (Å²) in [6, 6.07) is 0. The van der Waals surface area contributed by atoms with Gasteiger partial charge in [0.05, 0.1) is 12.2 Å². The highest BCUT2D eigenvalue weighted by Gasteiger charge is 2.50. The van der Waals surface area contributed by atoms with E-state index >= 15 is 0 Å². The molecular formula is C12H21BrO3. The lowest BCUT2D eigenvalue weighted by Crippen LogP contribution is -2.53. The number of hydrogen-bond donors (Lipinski definition) is 1. The van der Waals surface area contributed by atoms with Crippen molar-refractivity contribution in [1.82, 2.24) is 0 Å². The summed E-state index contributed by atoms with van der Waals surface area (Å²) in [6.45, 7) is 7.73. The van der Waals surface area contributed by atoms with Gasteiger partial charge in [-0.1, -0.05) is 29.8 Å². The van der Waals surface area contributed by atoms with E-state index in [1.165, 1.54) is 6.92 Å². The van der Waals surface area contributed by atoms with Gasteiger partial charge in [0.25, 0.3) is 0 Å². The predicted octanol–water partition coefficient (Wildman–Crippen LogP) is 2.50. The van der Waals surface area contributed by atoms with Gasteiger partial charge in [0.1, 0.15) is 0 Å². The second-order valence-corrected chi connectivity index (χ2v) is 6.65. The Bertz CT molecular complexity index is 273. The topological polar surface area (TPSA) is 46.5 Å². The summed E-state index contributed by atoms with van der Waals surface area (Å²) in [5.41, 5.74) is -0.847. The van der Waals surface area contributed by atoms with E-state index < -0.39 is 5.60 Å². The average molecular weight is 293 g/mol. The van der Waals surface area contributed by atoms with Crippen LogP contribution in [0.4, 0.5) is 0 Å². The molecule has 1 aliphatic rings. The van der Waals surface area contributed by atoms with Crippen LogP contribution < -0.4 is 0 Å². The summed E-state index contributed by atoms with van der Waals surface area (Å²) in [5.74, 6) is -0.328. The zero-order valence-electron chi connectivity index (χ0n) is 10.4. The Balaban J connectivity index is 2.83. The van der Waals surface area contributed by atoms with E-state index in [4.69, 9.17) is 4.74 Å². The van der Waals surface area contributed by atoms with Crippen LogP contribution in [0.15, 0.2) is 0 Å². The number of halogens is 1. The molecule has 1 saturated carbocycles. The van der Waals surface area contributed by atoms with Crippen molar-refractivity contribution in [1.29, 1.82) is 0 Å². The number of carbonyl (C=O) groups excluding carboxylic acids is 1. The lowest BCUT2D eigenvalue weighted by Gasteiger charge is -2.50. The van der Waals surface area contributed by atoms with Gasteiger partial charge >= 0.3 is 5.97 Å². The van der Waals surface area contributed by atoms with Gasteiger partial charge in [-0.05, 0) is 25.2 Å². The van der Waals surface area contributed by atoms with Crippen LogP contribution in [0.5, 0.6) is 0 Å². The maximum Gasteiger partial charge on any atom is 0.302 e. The smallest absolute Gasteiger partial charge is 0.302 e. The second kappa shape index (κ2) is 4.65. The van der Waals surface area contributed by atoms with E-state index in [9.17, 15) is 9.90 Å². The van der Waals surface area contributed by atoms with Crippen molar-refractivity contribution >= 4 is 21.9 Å². The minimum Gasteiger partial charge on any atom is -0.465 e. The fraction of sp³-hybridized carbons (Fsp3) is 0.917. The number of alkyl halides is 1. The molecule has 1 N–H and O–H groups in total. The zero-order valence-corrected chi connectivity index (χ0v) is 12.0. The molecule has 3 atom stereocenters. The zero-order chi connectivity index (χ0) is 12.6. The molecule has 1 aliphatic carbocycles. The van der Waals surface area contributed by atoms with Gasteiger partial charge in [-0.2, -0.15) is 0 Å². The van der Waals surface area contributed by atoms with Crippen molar-refractivity contribution in [3.05, 3.63) is 0 Å². The number of esters is 1. The third-order valence-electron chi connectivity index (χ3n) is 3.81. The Morgan fingerprint density at radius 1 is 1.50 bits per heavy atom. The number of carbonyl (C=O) groups is 1. The van der Waals surface area contributed by atoms with Crippen molar-refractivity contribution in [3.8, 4) is 0 Å². The molecule has 94 valence electrons. The van der Waals surface area contributed by atoms with Crippen molar-refractivity contribution in [2.24, 2.45) is 11.3 Å². The molecule has 0 unspecified atom stereocenters. The number of hydrogen-bond acceptors (Lipinski definition) is 3. The molecule has 0 saturated heterocycles. The largest absolute Gasteiger partial charge is 0.465 e. The second-order valence-electron chi connectivity index (χ2n) is 5.54. The fourth-order valence-electron chi connectivity index (χ4n) is 2.58. The monoisotopic (exact) mass is 292 g/mol. The van der Waals surface area contributed by atoms with E-state index in [-0.39, 0.29) is 23.9 Å². The minimum absolute atomic E-state index is 0.0398. The van der Waals surface area contributed by atoms with E-state index in [0.29, 0.717) is 4.83 Å². The van der Waals surface area contributed by atoms with Crippen LogP contribution >= 0.6 is 15.9 Å². The molecule has 0 radical (unpaired) electrons. The summed E-state index contributed by atoms with van der Waals surface area (Å²) < 4.78 is 5.08. The highest BCUT2D eigenvalue weighted by atomic mass is 79.9. The third-order valence-corrected chi connectivity index (χ3v) is 5.45. The Hall–Kier alpha value is -0.0900. The normalized spacial score (nSPS) is 38.1. The van der Waals surface area contributed by atoms with Crippen LogP contribution in [0.25, 0.3) is 0 Å². The molecule has 3 nitrogen and oxygen atoms in total. The average Bonchev–Trinajstić information content (AvgIpc) is 2.11. The lowest BCUT2D eigenvalue weighted by molar-refractivity contribution is -0.153. The highest BCUT2D eigenvalue weighted by Crippen LogP contribution is 2.49. The summed E-state index contributed by atoms with van der Waals surface area (Å²) in [7, 11) is 0. The standard InChI is InChI=1S/C12H21BrO3/c1-8(14)16-7-9-11(2,3)10(13)5-6-12(9,4)15/h9-10,15H,5-7H2,1-4H3/t9-,10+,12+/m1/s1. The molecule has 0 aliphatic heterocycles. The quantitative estimate of drug-likeness (QED) is 0.628. The van der Waals surface area contributed by atoms with Gasteiger partial charge in [-0.25, -0.2) is 0 Å². The van der Waals surface area contributed by atoms with Gasteiger partial charge in [-0.3, -0.25) is 4.79 Å². The van der Waals surface area contributed by atoms with Crippen LogP contribution in [-0.2, 0) is 9.53 Å². The first kappa shape index (κ1) is 14.0. The van der Waals surface area contributed by atoms with E-state index in [2.05, 4.69) is 29.8 Å². The molecule has 0 bridgehead atoms. The van der Waals surface area contributed by atoms with Crippen LogP contribution in [0.3, 0.4) is 0 Å². The third kappa shape index (κ3) is 2.77. The van der Waals surface area contributed by atoms with Crippen molar-refractivity contribution in [2.45, 2.75) is 51.0 Å². The van der Waals surface area contributed by atoms with Gasteiger partial charge in [0.2, 0.25) is 0 Å². The Morgan fingerprint density at radius 3 is 2.56 bits per heavy atom. The van der Waals surface area contributed by atoms with Crippen LogP contribution in [0.2, 0.25) is 0 Å². The summed E-state index contributed by atoms with van der Waals surface area (Å²) in [4.78, 5) is 11.2. The van der Waals surface area contributed by atoms with Crippen molar-refractivity contribution < 1.29 is 14.6 Å². The maximum absolute atomic E-state index is 10.9. The van der Waals surface area contributed by atoms with Gasteiger partial charge in [0, 0.05) is 17.7 Å². The van der Waals surface area contributed by atoms with Crippen molar-refractivity contribution in [3.63, 3.8) is 0 Å². The van der Waals surface area contributed by atoms with Gasteiger partial charge < -0.3 is 9.84 Å². The summed E-state index contributed by atoms with van der Waals surface area (Å²) in [6.07, 6.45) is 1.68. The highest BCUT2D eigenvalue weighted by molar-refractivity contribution is 9.09. The molecule has 1 rings (SSSR count). The van der Waals surface area contributed by atoms with Crippen LogP contribution in [0, 0.1) is 11.3 Å². The van der Waals surface area contributed by atoms with Gasteiger partial charge in [-0.15, -0.1) is 0 Å². The molecule has 0 spiro atoms. The molecular weight excluding hydrogens is 272 g/mol. The first-order chi connectivity index (χ1) is 7.18. The lowest BCUT2D eigenvalue weighted by atomic mass is 9.62. The summed E-state index contributed by atoms with van der Waals surface area (Å²) in [5, 5.41) is 10.4.